The van der Waals surface area contributed by atoms with Crippen LogP contribution in [0, 0.1) is 6.92 Å². The SMILES string of the molecule is CCCCCCCCNC(=O)Nc1sc(C(=O)NCCOC)c(C)c1C(=O)OC(C)(C)C. The maximum atomic E-state index is 12.8. The van der Waals surface area contributed by atoms with Crippen LogP contribution in [0.4, 0.5) is 9.80 Å². The zero-order chi connectivity index (χ0) is 24.1. The fraction of sp³-hybridized carbons (Fsp3) is 0.696. The zero-order valence-corrected chi connectivity index (χ0v) is 21.1. The molecule has 0 atom stereocenters. The average Bonchev–Trinajstić information content (AvgIpc) is 3.02. The summed E-state index contributed by atoms with van der Waals surface area (Å²) in [4.78, 5) is 38.2. The lowest BCUT2D eigenvalue weighted by Gasteiger charge is -2.20. The summed E-state index contributed by atoms with van der Waals surface area (Å²) in [5.41, 5.74) is -0.0224. The van der Waals surface area contributed by atoms with Gasteiger partial charge in [-0.15, -0.1) is 11.3 Å². The number of methoxy groups -OCH3 is 1. The molecule has 0 aliphatic carbocycles. The number of unbranched alkanes of at least 4 members (excludes halogenated alkanes) is 5. The standard InChI is InChI=1S/C23H39N3O5S/c1-7-8-9-10-11-12-13-25-22(29)26-20-17(21(28)31-23(3,4)5)16(2)18(32-20)19(27)24-14-15-30-6/h7-15H2,1-6H3,(H,24,27)(H2,25,26,29). The first kappa shape index (κ1) is 27.9. The number of esters is 1. The first-order chi connectivity index (χ1) is 15.1. The fourth-order valence-electron chi connectivity index (χ4n) is 2.99. The number of carbonyl (C=O) groups is 3. The van der Waals surface area contributed by atoms with E-state index in [1.54, 1.807) is 34.8 Å². The highest BCUT2D eigenvalue weighted by Gasteiger charge is 2.29. The molecule has 1 rings (SSSR count). The van der Waals surface area contributed by atoms with Gasteiger partial charge in [-0.2, -0.15) is 0 Å². The topological polar surface area (TPSA) is 106 Å². The Bertz CT molecular complexity index is 756. The largest absolute Gasteiger partial charge is 0.456 e. The van der Waals surface area contributed by atoms with Gasteiger partial charge in [0.05, 0.1) is 17.0 Å². The van der Waals surface area contributed by atoms with Crippen molar-refractivity contribution >= 4 is 34.2 Å². The number of rotatable bonds is 13. The molecule has 0 radical (unpaired) electrons. The van der Waals surface area contributed by atoms with Crippen molar-refractivity contribution < 1.29 is 23.9 Å². The second-order valence-electron chi connectivity index (χ2n) is 8.66. The molecule has 8 nitrogen and oxygen atoms in total. The molecule has 0 spiro atoms. The van der Waals surface area contributed by atoms with Crippen LogP contribution in [-0.2, 0) is 9.47 Å². The molecule has 0 saturated carbocycles. The molecule has 3 amide bonds. The third-order valence-corrected chi connectivity index (χ3v) is 5.80. The summed E-state index contributed by atoms with van der Waals surface area (Å²) in [5.74, 6) is -0.900. The lowest BCUT2D eigenvalue weighted by Crippen LogP contribution is -2.30. The molecule has 0 unspecified atom stereocenters. The van der Waals surface area contributed by atoms with Crippen LogP contribution >= 0.6 is 11.3 Å². The summed E-state index contributed by atoms with van der Waals surface area (Å²) in [6, 6.07) is -0.407. The van der Waals surface area contributed by atoms with Crippen molar-refractivity contribution in [2.45, 2.75) is 78.7 Å². The van der Waals surface area contributed by atoms with Gasteiger partial charge in [0, 0.05) is 20.2 Å². The number of amides is 3. The minimum absolute atomic E-state index is 0.205. The highest BCUT2D eigenvalue weighted by atomic mass is 32.1. The van der Waals surface area contributed by atoms with E-state index in [1.807, 2.05) is 0 Å². The normalized spacial score (nSPS) is 11.2. The molecule has 0 aliphatic rings. The van der Waals surface area contributed by atoms with Crippen LogP contribution in [0.25, 0.3) is 0 Å². The monoisotopic (exact) mass is 469 g/mol. The summed E-state index contributed by atoms with van der Waals surface area (Å²) >= 11 is 1.06. The van der Waals surface area contributed by atoms with Gasteiger partial charge in [-0.1, -0.05) is 39.0 Å². The van der Waals surface area contributed by atoms with Crippen LogP contribution in [0.3, 0.4) is 0 Å². The number of ether oxygens (including phenoxy) is 2. The van der Waals surface area contributed by atoms with Gasteiger partial charge in [-0.25, -0.2) is 9.59 Å². The second-order valence-corrected chi connectivity index (χ2v) is 9.68. The van der Waals surface area contributed by atoms with Crippen LogP contribution in [-0.4, -0.2) is 50.3 Å². The molecule has 0 saturated heterocycles. The zero-order valence-electron chi connectivity index (χ0n) is 20.3. The molecular weight excluding hydrogens is 430 g/mol. The van der Waals surface area contributed by atoms with E-state index in [0.717, 1.165) is 30.6 Å². The van der Waals surface area contributed by atoms with Gasteiger partial charge in [-0.05, 0) is 39.7 Å². The van der Waals surface area contributed by atoms with Crippen LogP contribution in [0.1, 0.15) is 91.8 Å². The van der Waals surface area contributed by atoms with Gasteiger partial charge in [-0.3, -0.25) is 10.1 Å². The number of anilines is 1. The van der Waals surface area contributed by atoms with Gasteiger partial charge >= 0.3 is 12.0 Å². The Kier molecular flexibility index (Phi) is 12.3. The Labute approximate surface area is 195 Å². The Morgan fingerprint density at radius 3 is 2.25 bits per heavy atom. The molecular formula is C23H39N3O5S. The summed E-state index contributed by atoms with van der Waals surface area (Å²) in [5, 5.41) is 8.61. The number of hydrogen-bond acceptors (Lipinski definition) is 6. The van der Waals surface area contributed by atoms with Crippen molar-refractivity contribution in [3.8, 4) is 0 Å². The molecule has 3 N–H and O–H groups in total. The summed E-state index contributed by atoms with van der Waals surface area (Å²) in [7, 11) is 1.55. The summed E-state index contributed by atoms with van der Waals surface area (Å²) in [6.07, 6.45) is 6.77. The van der Waals surface area contributed by atoms with E-state index in [1.165, 1.54) is 19.3 Å². The first-order valence-corrected chi connectivity index (χ1v) is 12.1. The second kappa shape index (κ2) is 14.1. The summed E-state index contributed by atoms with van der Waals surface area (Å²) in [6.45, 7) is 10.4. The maximum Gasteiger partial charge on any atom is 0.341 e. The van der Waals surface area contributed by atoms with E-state index in [2.05, 4.69) is 22.9 Å². The van der Waals surface area contributed by atoms with Crippen LogP contribution < -0.4 is 16.0 Å². The lowest BCUT2D eigenvalue weighted by molar-refractivity contribution is 0.00705. The van der Waals surface area contributed by atoms with Gasteiger partial charge in [0.2, 0.25) is 0 Å². The molecule has 1 aromatic rings. The Morgan fingerprint density at radius 2 is 1.62 bits per heavy atom. The van der Waals surface area contributed by atoms with E-state index < -0.39 is 17.6 Å². The van der Waals surface area contributed by atoms with Crippen molar-refractivity contribution in [1.82, 2.24) is 10.6 Å². The van der Waals surface area contributed by atoms with E-state index in [9.17, 15) is 14.4 Å². The molecule has 32 heavy (non-hydrogen) atoms. The van der Waals surface area contributed by atoms with Crippen LogP contribution in [0.15, 0.2) is 0 Å². The number of hydrogen-bond donors (Lipinski definition) is 3. The predicted octanol–water partition coefficient (Wildman–Crippen LogP) is 4.87. The third-order valence-electron chi connectivity index (χ3n) is 4.59. The number of nitrogens with one attached hydrogen (secondary N) is 3. The van der Waals surface area contributed by atoms with E-state index in [4.69, 9.17) is 9.47 Å². The predicted molar refractivity (Wildman–Crippen MR) is 129 cm³/mol. The van der Waals surface area contributed by atoms with Gasteiger partial charge in [0.25, 0.3) is 5.91 Å². The highest BCUT2D eigenvalue weighted by molar-refractivity contribution is 7.18. The fourth-order valence-corrected chi connectivity index (χ4v) is 4.10. The van der Waals surface area contributed by atoms with Crippen molar-refractivity contribution in [2.75, 3.05) is 32.1 Å². The molecule has 0 bridgehead atoms. The maximum absolute atomic E-state index is 12.8. The molecule has 1 heterocycles. The van der Waals surface area contributed by atoms with E-state index in [-0.39, 0.29) is 11.5 Å². The lowest BCUT2D eigenvalue weighted by atomic mass is 10.1. The average molecular weight is 470 g/mol. The molecule has 9 heteroatoms. The molecule has 0 aliphatic heterocycles. The molecule has 1 aromatic heterocycles. The van der Waals surface area contributed by atoms with Gasteiger partial charge in [0.1, 0.15) is 10.6 Å². The van der Waals surface area contributed by atoms with Gasteiger partial charge in [0.15, 0.2) is 0 Å². The number of carbonyl (C=O) groups excluding carboxylic acids is 3. The van der Waals surface area contributed by atoms with E-state index >= 15 is 0 Å². The van der Waals surface area contributed by atoms with Crippen molar-refractivity contribution in [3.05, 3.63) is 16.0 Å². The Balaban J connectivity index is 2.87. The molecule has 0 aromatic carbocycles. The van der Waals surface area contributed by atoms with Gasteiger partial charge < -0.3 is 20.1 Å². The smallest absolute Gasteiger partial charge is 0.341 e. The molecule has 182 valence electrons. The number of urea groups is 1. The minimum Gasteiger partial charge on any atom is -0.456 e. The Hall–Kier alpha value is -2.13. The molecule has 0 fully saturated rings. The van der Waals surface area contributed by atoms with Crippen LogP contribution in [0.2, 0.25) is 0 Å². The third kappa shape index (κ3) is 9.99. The highest BCUT2D eigenvalue weighted by Crippen LogP contribution is 2.34. The van der Waals surface area contributed by atoms with E-state index in [0.29, 0.717) is 35.1 Å². The quantitative estimate of drug-likeness (QED) is 0.282. The summed E-state index contributed by atoms with van der Waals surface area (Å²) < 4.78 is 10.5. The van der Waals surface area contributed by atoms with Crippen molar-refractivity contribution in [1.29, 1.82) is 0 Å². The minimum atomic E-state index is -0.705. The van der Waals surface area contributed by atoms with Crippen LogP contribution in [0.5, 0.6) is 0 Å². The van der Waals surface area contributed by atoms with Crippen molar-refractivity contribution in [3.63, 3.8) is 0 Å². The Morgan fingerprint density at radius 1 is 0.969 bits per heavy atom. The first-order valence-electron chi connectivity index (χ1n) is 11.3. The number of thiophene rings is 1. The van der Waals surface area contributed by atoms with Crippen molar-refractivity contribution in [2.24, 2.45) is 0 Å².